The van der Waals surface area contributed by atoms with E-state index in [-0.39, 0.29) is 10.5 Å². The van der Waals surface area contributed by atoms with Crippen LogP contribution in [-0.4, -0.2) is 31.7 Å². The molecular weight excluding hydrogens is 438 g/mol. The smallest absolute Gasteiger partial charge is 0.185 e. The van der Waals surface area contributed by atoms with Crippen molar-refractivity contribution >= 4 is 37.9 Å². The van der Waals surface area contributed by atoms with E-state index in [9.17, 15) is 13.7 Å². The maximum atomic E-state index is 13.0. The molecule has 1 aromatic heterocycles. The van der Waals surface area contributed by atoms with Gasteiger partial charge in [0.15, 0.2) is 15.0 Å². The zero-order chi connectivity index (χ0) is 21.1. The Kier molecular flexibility index (Phi) is 6.09. The number of aromatic nitrogens is 1. The summed E-state index contributed by atoms with van der Waals surface area (Å²) in [7, 11) is -3.53. The maximum absolute atomic E-state index is 13.0. The van der Waals surface area contributed by atoms with Crippen molar-refractivity contribution in [3.05, 3.63) is 75.8 Å². The summed E-state index contributed by atoms with van der Waals surface area (Å²) in [5.74, 6) is 0. The van der Waals surface area contributed by atoms with E-state index < -0.39 is 15.1 Å². The highest BCUT2D eigenvalue weighted by molar-refractivity contribution is 7.92. The normalized spacial score (nSPS) is 15.1. The van der Waals surface area contributed by atoms with Crippen molar-refractivity contribution in [1.29, 1.82) is 5.26 Å². The summed E-state index contributed by atoms with van der Waals surface area (Å²) in [5.41, 5.74) is 2.36. The third-order valence-electron chi connectivity index (χ3n) is 5.30. The number of thiazole rings is 1. The van der Waals surface area contributed by atoms with Gasteiger partial charge in [-0.15, -0.1) is 11.3 Å². The van der Waals surface area contributed by atoms with Gasteiger partial charge in [-0.05, 0) is 42.7 Å². The lowest BCUT2D eigenvalue weighted by atomic mass is 10.1. The van der Waals surface area contributed by atoms with Gasteiger partial charge in [0.25, 0.3) is 0 Å². The van der Waals surface area contributed by atoms with Crippen LogP contribution in [0.5, 0.6) is 0 Å². The van der Waals surface area contributed by atoms with Crippen molar-refractivity contribution in [3.8, 4) is 6.07 Å². The zero-order valence-electron chi connectivity index (χ0n) is 16.2. The van der Waals surface area contributed by atoms with Gasteiger partial charge < -0.3 is 4.90 Å². The summed E-state index contributed by atoms with van der Waals surface area (Å²) in [6, 6.07) is 16.2. The molecule has 0 saturated carbocycles. The Hall–Kier alpha value is -2.40. The molecule has 1 aliphatic heterocycles. The number of hydrogen-bond donors (Lipinski definition) is 0. The highest BCUT2D eigenvalue weighted by atomic mass is 35.5. The Balaban J connectivity index is 1.42. The first kappa shape index (κ1) is 20.9. The van der Waals surface area contributed by atoms with Gasteiger partial charge >= 0.3 is 0 Å². The van der Waals surface area contributed by atoms with Crippen LogP contribution in [0.25, 0.3) is 0 Å². The number of hydrogen-bond acceptors (Lipinski definition) is 6. The van der Waals surface area contributed by atoms with Crippen LogP contribution in [0.2, 0.25) is 5.02 Å². The van der Waals surface area contributed by atoms with Crippen molar-refractivity contribution in [2.75, 3.05) is 18.0 Å². The second-order valence-corrected chi connectivity index (χ2v) is 10.7. The van der Waals surface area contributed by atoms with Gasteiger partial charge in [-0.25, -0.2) is 13.4 Å². The fourth-order valence-corrected chi connectivity index (χ4v) is 6.56. The lowest BCUT2D eigenvalue weighted by molar-refractivity contribution is 0.529. The van der Waals surface area contributed by atoms with Crippen LogP contribution in [0.3, 0.4) is 0 Å². The predicted octanol–water partition coefficient (Wildman–Crippen LogP) is 4.70. The number of rotatable bonds is 5. The van der Waals surface area contributed by atoms with Crippen molar-refractivity contribution < 1.29 is 8.42 Å². The average Bonchev–Trinajstić information content (AvgIpc) is 3.24. The first-order chi connectivity index (χ1) is 14.5. The second kappa shape index (κ2) is 8.76. The molecule has 0 aliphatic carbocycles. The molecule has 0 spiro atoms. The summed E-state index contributed by atoms with van der Waals surface area (Å²) >= 11 is 7.53. The first-order valence-electron chi connectivity index (χ1n) is 9.64. The monoisotopic (exact) mass is 457 g/mol. The van der Waals surface area contributed by atoms with Gasteiger partial charge in [0, 0.05) is 29.9 Å². The molecule has 3 aromatic rings. The molecule has 0 N–H and O–H groups in total. The molecule has 1 aliphatic rings. The van der Waals surface area contributed by atoms with Crippen molar-refractivity contribution in [2.45, 2.75) is 29.4 Å². The molecule has 2 heterocycles. The van der Waals surface area contributed by atoms with Crippen LogP contribution in [0.4, 0.5) is 5.13 Å². The Morgan fingerprint density at radius 3 is 2.53 bits per heavy atom. The van der Waals surface area contributed by atoms with E-state index in [0.717, 1.165) is 22.8 Å². The maximum Gasteiger partial charge on any atom is 0.185 e. The van der Waals surface area contributed by atoms with Crippen LogP contribution in [-0.2, 0) is 16.3 Å². The van der Waals surface area contributed by atoms with E-state index in [1.54, 1.807) is 29.5 Å². The Bertz CT molecular complexity index is 1180. The van der Waals surface area contributed by atoms with Crippen LogP contribution < -0.4 is 4.90 Å². The fourth-order valence-electron chi connectivity index (χ4n) is 3.68. The van der Waals surface area contributed by atoms with Crippen LogP contribution in [0, 0.1) is 11.3 Å². The van der Waals surface area contributed by atoms with Gasteiger partial charge in [0.1, 0.15) is 6.07 Å². The van der Waals surface area contributed by atoms with Crippen molar-refractivity contribution in [1.82, 2.24) is 4.98 Å². The molecule has 1 fully saturated rings. The van der Waals surface area contributed by atoms with E-state index in [1.807, 2.05) is 30.3 Å². The number of piperidine rings is 1. The second-order valence-electron chi connectivity index (χ2n) is 7.26. The number of benzene rings is 2. The summed E-state index contributed by atoms with van der Waals surface area (Å²) in [6.07, 6.45) is 1.78. The van der Waals surface area contributed by atoms with Crippen molar-refractivity contribution in [3.63, 3.8) is 0 Å². The molecule has 0 radical (unpaired) electrons. The molecule has 5 nitrogen and oxygen atoms in total. The molecule has 4 rings (SSSR count). The first-order valence-corrected chi connectivity index (χ1v) is 12.4. The summed E-state index contributed by atoms with van der Waals surface area (Å²) in [5, 5.41) is 12.5. The van der Waals surface area contributed by atoms with E-state index in [0.29, 0.717) is 31.0 Å². The van der Waals surface area contributed by atoms with E-state index >= 15 is 0 Å². The largest absolute Gasteiger partial charge is 0.348 e. The average molecular weight is 458 g/mol. The molecule has 0 unspecified atom stereocenters. The number of nitriles is 1. The molecule has 154 valence electrons. The van der Waals surface area contributed by atoms with Gasteiger partial charge in [-0.1, -0.05) is 35.9 Å². The molecule has 30 heavy (non-hydrogen) atoms. The minimum atomic E-state index is -3.53. The summed E-state index contributed by atoms with van der Waals surface area (Å²) in [6.45, 7) is 1.26. The quantitative estimate of drug-likeness (QED) is 0.555. The predicted molar refractivity (Wildman–Crippen MR) is 120 cm³/mol. The van der Waals surface area contributed by atoms with E-state index in [2.05, 4.69) is 10.3 Å². The molecule has 0 amide bonds. The number of anilines is 1. The topological polar surface area (TPSA) is 74.1 Å². The summed E-state index contributed by atoms with van der Waals surface area (Å²) in [4.78, 5) is 7.04. The van der Waals surface area contributed by atoms with Crippen molar-refractivity contribution in [2.24, 2.45) is 0 Å². The van der Waals surface area contributed by atoms with E-state index in [1.165, 1.54) is 6.07 Å². The lowest BCUT2D eigenvalue weighted by Gasteiger charge is -2.31. The minimum Gasteiger partial charge on any atom is -0.348 e. The van der Waals surface area contributed by atoms with Gasteiger partial charge in [0.2, 0.25) is 0 Å². The Morgan fingerprint density at radius 2 is 1.83 bits per heavy atom. The van der Waals surface area contributed by atoms with E-state index in [4.69, 9.17) is 16.6 Å². The molecule has 0 atom stereocenters. The van der Waals surface area contributed by atoms with Gasteiger partial charge in [0.05, 0.1) is 21.4 Å². The standard InChI is InChI=1S/C22H20ClN3O2S2/c23-18-7-5-16(6-8-18)13-19-15-29-22(25-19)26-11-9-20(10-12-26)30(27,28)21-4-2-1-3-17(21)14-24/h1-8,15,20H,9-13H2. The number of nitrogens with zero attached hydrogens (tertiary/aromatic N) is 3. The highest BCUT2D eigenvalue weighted by Gasteiger charge is 2.33. The third kappa shape index (κ3) is 4.36. The zero-order valence-corrected chi connectivity index (χ0v) is 18.6. The molecule has 2 aromatic carbocycles. The molecule has 0 bridgehead atoms. The minimum absolute atomic E-state index is 0.144. The van der Waals surface area contributed by atoms with Gasteiger partial charge in [-0.3, -0.25) is 0 Å². The Morgan fingerprint density at radius 1 is 1.13 bits per heavy atom. The lowest BCUT2D eigenvalue weighted by Crippen LogP contribution is -2.39. The van der Waals surface area contributed by atoms with Crippen LogP contribution in [0.1, 0.15) is 29.7 Å². The molecule has 1 saturated heterocycles. The number of halogens is 1. The Labute approximate surface area is 185 Å². The third-order valence-corrected chi connectivity index (χ3v) is 8.82. The SMILES string of the molecule is N#Cc1ccccc1S(=O)(=O)C1CCN(c2nc(Cc3ccc(Cl)cc3)cs2)CC1. The fraction of sp³-hybridized carbons (Fsp3) is 0.273. The number of sulfone groups is 1. The molecular formula is C22H20ClN3O2S2. The van der Waals surface area contributed by atoms with Gasteiger partial charge in [-0.2, -0.15) is 5.26 Å². The summed E-state index contributed by atoms with van der Waals surface area (Å²) < 4.78 is 26.1. The molecule has 8 heteroatoms. The highest BCUT2D eigenvalue weighted by Crippen LogP contribution is 2.30. The van der Waals surface area contributed by atoms with Crippen LogP contribution in [0.15, 0.2) is 58.8 Å². The van der Waals surface area contributed by atoms with Crippen LogP contribution >= 0.6 is 22.9 Å².